The summed E-state index contributed by atoms with van der Waals surface area (Å²) in [5.74, 6) is 0. The summed E-state index contributed by atoms with van der Waals surface area (Å²) in [6.45, 7) is 6.16. The van der Waals surface area contributed by atoms with Crippen LogP contribution in [0.5, 0.6) is 6.01 Å². The number of imidazole rings is 1. The van der Waals surface area contributed by atoms with E-state index in [0.717, 1.165) is 35.2 Å². The Hall–Kier alpha value is -2.14. The number of fused-ring (bicyclic) bond motifs is 1. The first-order valence-electron chi connectivity index (χ1n) is 7.75. The number of aryl methyl sites for hydroxylation is 1. The van der Waals surface area contributed by atoms with Crippen LogP contribution in [0.15, 0.2) is 24.5 Å². The molecule has 120 valence electrons. The quantitative estimate of drug-likeness (QED) is 0.763. The second-order valence-corrected chi connectivity index (χ2v) is 6.03. The third kappa shape index (κ3) is 2.65. The van der Waals surface area contributed by atoms with Crippen LogP contribution in [0.4, 0.5) is 0 Å². The van der Waals surface area contributed by atoms with Gasteiger partial charge < -0.3 is 5.11 Å². The summed E-state index contributed by atoms with van der Waals surface area (Å²) >= 11 is 6.42. The maximum atomic E-state index is 10.3. The predicted molar refractivity (Wildman–Crippen MR) is 91.8 cm³/mol. The summed E-state index contributed by atoms with van der Waals surface area (Å²) in [5.41, 5.74) is 3.80. The van der Waals surface area contributed by atoms with Gasteiger partial charge in [0.2, 0.25) is 0 Å². The van der Waals surface area contributed by atoms with Gasteiger partial charge in [-0.15, -0.1) is 0 Å². The van der Waals surface area contributed by atoms with E-state index in [9.17, 15) is 5.11 Å². The molecule has 0 aliphatic carbocycles. The van der Waals surface area contributed by atoms with Gasteiger partial charge in [0.15, 0.2) is 5.65 Å². The SMILES string of the molecule is CCC(CC)n1c(O)nc2ncc(Cl)c(-c3ccc(C)cn3)c21. The van der Waals surface area contributed by atoms with Crippen molar-refractivity contribution in [2.24, 2.45) is 0 Å². The standard InChI is InChI=1S/C17H19ClN4O/c1-4-11(5-2)22-15-14(13-7-6-10(3)8-19-13)12(18)9-20-16(15)21-17(22)23/h6-9,11H,4-5H2,1-3H3,(H,20,21,23). The number of aromatic nitrogens is 4. The molecule has 0 aromatic carbocycles. The molecule has 1 N–H and O–H groups in total. The highest BCUT2D eigenvalue weighted by molar-refractivity contribution is 6.34. The highest BCUT2D eigenvalue weighted by Gasteiger charge is 2.22. The number of pyridine rings is 2. The van der Waals surface area contributed by atoms with Gasteiger partial charge in [0.05, 0.1) is 10.7 Å². The van der Waals surface area contributed by atoms with E-state index in [1.54, 1.807) is 12.4 Å². The van der Waals surface area contributed by atoms with Crippen molar-refractivity contribution in [3.63, 3.8) is 0 Å². The van der Waals surface area contributed by atoms with Gasteiger partial charge in [-0.05, 0) is 31.4 Å². The smallest absolute Gasteiger partial charge is 0.296 e. The second kappa shape index (κ2) is 6.16. The van der Waals surface area contributed by atoms with Gasteiger partial charge in [-0.3, -0.25) is 9.55 Å². The minimum absolute atomic E-state index is 0.0307. The monoisotopic (exact) mass is 330 g/mol. The first-order chi connectivity index (χ1) is 11.1. The molecule has 0 spiro atoms. The summed E-state index contributed by atoms with van der Waals surface area (Å²) in [5, 5.41) is 10.8. The van der Waals surface area contributed by atoms with Crippen molar-refractivity contribution in [2.75, 3.05) is 0 Å². The Bertz CT molecular complexity index is 838. The maximum absolute atomic E-state index is 10.3. The lowest BCUT2D eigenvalue weighted by atomic mass is 10.1. The minimum atomic E-state index is -0.0307. The van der Waals surface area contributed by atoms with E-state index in [1.165, 1.54) is 0 Å². The Kier molecular flexibility index (Phi) is 4.22. The van der Waals surface area contributed by atoms with Crippen LogP contribution in [-0.2, 0) is 0 Å². The van der Waals surface area contributed by atoms with Crippen LogP contribution in [0.25, 0.3) is 22.4 Å². The molecular weight excluding hydrogens is 312 g/mol. The minimum Gasteiger partial charge on any atom is -0.480 e. The number of aromatic hydroxyl groups is 1. The van der Waals surface area contributed by atoms with Crippen molar-refractivity contribution in [1.82, 2.24) is 19.5 Å². The molecule has 23 heavy (non-hydrogen) atoms. The van der Waals surface area contributed by atoms with Crippen LogP contribution in [0.1, 0.15) is 38.3 Å². The molecule has 5 nitrogen and oxygen atoms in total. The molecule has 6 heteroatoms. The lowest BCUT2D eigenvalue weighted by molar-refractivity contribution is 0.362. The molecule has 3 rings (SSSR count). The molecule has 0 unspecified atom stereocenters. The number of hydrogen-bond acceptors (Lipinski definition) is 4. The summed E-state index contributed by atoms with van der Waals surface area (Å²) in [7, 11) is 0. The van der Waals surface area contributed by atoms with Crippen molar-refractivity contribution in [2.45, 2.75) is 39.7 Å². The molecule has 0 aliphatic heterocycles. The van der Waals surface area contributed by atoms with Gasteiger partial charge in [-0.25, -0.2) is 4.98 Å². The number of nitrogens with zero attached hydrogens (tertiary/aromatic N) is 4. The van der Waals surface area contributed by atoms with Crippen molar-refractivity contribution in [1.29, 1.82) is 0 Å². The van der Waals surface area contributed by atoms with Crippen LogP contribution >= 0.6 is 11.6 Å². The molecule has 0 saturated carbocycles. The van der Waals surface area contributed by atoms with Crippen molar-refractivity contribution in [3.05, 3.63) is 35.1 Å². The molecule has 3 heterocycles. The zero-order valence-corrected chi connectivity index (χ0v) is 14.2. The molecule has 0 amide bonds. The fraction of sp³-hybridized carbons (Fsp3) is 0.353. The normalized spacial score (nSPS) is 11.5. The Morgan fingerprint density at radius 2 is 1.91 bits per heavy atom. The Balaban J connectivity index is 2.36. The maximum Gasteiger partial charge on any atom is 0.296 e. The molecule has 0 bridgehead atoms. The Morgan fingerprint density at radius 3 is 2.52 bits per heavy atom. The number of rotatable bonds is 4. The van der Waals surface area contributed by atoms with E-state index >= 15 is 0 Å². The molecule has 0 fully saturated rings. The molecule has 0 saturated heterocycles. The summed E-state index contributed by atoms with van der Waals surface area (Å²) < 4.78 is 1.82. The van der Waals surface area contributed by atoms with Crippen molar-refractivity contribution in [3.8, 4) is 17.3 Å². The number of halogens is 1. The highest BCUT2D eigenvalue weighted by Crippen LogP contribution is 2.37. The Labute approximate surface area is 140 Å². The van der Waals surface area contributed by atoms with Crippen LogP contribution in [0, 0.1) is 6.92 Å². The van der Waals surface area contributed by atoms with Gasteiger partial charge >= 0.3 is 0 Å². The van der Waals surface area contributed by atoms with Crippen molar-refractivity contribution >= 4 is 22.8 Å². The highest BCUT2D eigenvalue weighted by atomic mass is 35.5. The molecule has 3 aromatic rings. The van der Waals surface area contributed by atoms with E-state index in [2.05, 4.69) is 28.8 Å². The summed E-state index contributed by atoms with van der Waals surface area (Å²) in [6, 6.07) is 4.01. The lowest BCUT2D eigenvalue weighted by Crippen LogP contribution is -2.07. The van der Waals surface area contributed by atoms with Crippen LogP contribution in [-0.4, -0.2) is 24.6 Å². The molecule has 3 aromatic heterocycles. The average Bonchev–Trinajstić information content (AvgIpc) is 2.87. The van der Waals surface area contributed by atoms with Gasteiger partial charge in [0, 0.05) is 24.0 Å². The summed E-state index contributed by atoms with van der Waals surface area (Å²) in [4.78, 5) is 12.9. The van der Waals surface area contributed by atoms with Gasteiger partial charge in [0.1, 0.15) is 5.52 Å². The zero-order chi connectivity index (χ0) is 16.6. The first-order valence-corrected chi connectivity index (χ1v) is 8.13. The third-order valence-electron chi connectivity index (χ3n) is 4.13. The van der Waals surface area contributed by atoms with Gasteiger partial charge in [0.25, 0.3) is 6.01 Å². The van der Waals surface area contributed by atoms with Gasteiger partial charge in [-0.2, -0.15) is 4.98 Å². The lowest BCUT2D eigenvalue weighted by Gasteiger charge is -2.18. The van der Waals surface area contributed by atoms with E-state index < -0.39 is 0 Å². The first kappa shape index (κ1) is 15.7. The zero-order valence-electron chi connectivity index (χ0n) is 13.4. The molecule has 0 aliphatic rings. The third-order valence-corrected chi connectivity index (χ3v) is 4.41. The second-order valence-electron chi connectivity index (χ2n) is 5.63. The average molecular weight is 331 g/mol. The topological polar surface area (TPSA) is 63.8 Å². The molecule has 0 atom stereocenters. The largest absolute Gasteiger partial charge is 0.480 e. The molecular formula is C17H19ClN4O. The van der Waals surface area contributed by atoms with E-state index in [4.69, 9.17) is 11.6 Å². The number of hydrogen-bond donors (Lipinski definition) is 1. The van der Waals surface area contributed by atoms with Crippen LogP contribution < -0.4 is 0 Å². The van der Waals surface area contributed by atoms with Gasteiger partial charge in [-0.1, -0.05) is 31.5 Å². The van der Waals surface area contributed by atoms with Crippen molar-refractivity contribution < 1.29 is 5.11 Å². The fourth-order valence-electron chi connectivity index (χ4n) is 2.89. The van der Waals surface area contributed by atoms with E-state index in [-0.39, 0.29) is 12.1 Å². The molecule has 0 radical (unpaired) electrons. The summed E-state index contributed by atoms with van der Waals surface area (Å²) in [6.07, 6.45) is 5.12. The van der Waals surface area contributed by atoms with E-state index in [0.29, 0.717) is 10.7 Å². The van der Waals surface area contributed by atoms with Crippen LogP contribution in [0.3, 0.4) is 0 Å². The van der Waals surface area contributed by atoms with Crippen LogP contribution in [0.2, 0.25) is 5.02 Å². The van der Waals surface area contributed by atoms with E-state index in [1.807, 2.05) is 23.6 Å². The fourth-order valence-corrected chi connectivity index (χ4v) is 3.12. The Morgan fingerprint density at radius 1 is 1.17 bits per heavy atom. The predicted octanol–water partition coefficient (Wildman–Crippen LogP) is 4.52.